The molecule has 2 aromatic carbocycles. The first kappa shape index (κ1) is 19.6. The molecule has 2 fully saturated rings. The van der Waals surface area contributed by atoms with E-state index in [1.54, 1.807) is 35.1 Å². The molecule has 1 aliphatic heterocycles. The van der Waals surface area contributed by atoms with E-state index in [9.17, 15) is 14.7 Å². The summed E-state index contributed by atoms with van der Waals surface area (Å²) in [6.45, 7) is 1.79. The lowest BCUT2D eigenvalue weighted by atomic mass is 10.1. The van der Waals surface area contributed by atoms with Gasteiger partial charge < -0.3 is 24.1 Å². The minimum Gasteiger partial charge on any atom is -0.497 e. The van der Waals surface area contributed by atoms with Crippen molar-refractivity contribution in [3.63, 3.8) is 0 Å². The first-order valence-electron chi connectivity index (χ1n) is 10.3. The average Bonchev–Trinajstić information content (AvgIpc) is 3.42. The second kappa shape index (κ2) is 7.39. The maximum Gasteiger partial charge on any atom is 0.254 e. The highest BCUT2D eigenvalue weighted by atomic mass is 16.5. The fraction of sp³-hybridized carbons (Fsp3) is 0.348. The highest BCUT2D eigenvalue weighted by Crippen LogP contribution is 2.37. The molecule has 31 heavy (non-hydrogen) atoms. The predicted octanol–water partition coefficient (Wildman–Crippen LogP) is 2.31. The SMILES string of the molecule is COc1ccc2nc(-c3ccc(C(=O)N4CCN(C(=O)C5(O)CC5)CC4)cc3)oc2c1. The van der Waals surface area contributed by atoms with E-state index in [0.29, 0.717) is 61.8 Å². The number of amides is 2. The van der Waals surface area contributed by atoms with Gasteiger partial charge in [-0.3, -0.25) is 9.59 Å². The van der Waals surface area contributed by atoms with E-state index in [4.69, 9.17) is 9.15 Å². The molecule has 0 spiro atoms. The maximum absolute atomic E-state index is 12.9. The average molecular weight is 421 g/mol. The van der Waals surface area contributed by atoms with Crippen LogP contribution in [0.15, 0.2) is 46.9 Å². The standard InChI is InChI=1S/C23H23N3O5/c1-30-17-6-7-18-19(14-17)31-20(24-18)15-2-4-16(5-3-15)21(27)25-10-12-26(13-11-25)22(28)23(29)8-9-23/h2-7,14,29H,8-13H2,1H3. The normalized spacial score (nSPS) is 17.6. The molecule has 3 aromatic rings. The van der Waals surface area contributed by atoms with E-state index in [1.165, 1.54) is 0 Å². The van der Waals surface area contributed by atoms with Gasteiger partial charge in [-0.1, -0.05) is 0 Å². The van der Waals surface area contributed by atoms with E-state index in [-0.39, 0.29) is 11.8 Å². The van der Waals surface area contributed by atoms with Crippen molar-refractivity contribution < 1.29 is 23.8 Å². The largest absolute Gasteiger partial charge is 0.497 e. The van der Waals surface area contributed by atoms with Gasteiger partial charge >= 0.3 is 0 Å². The summed E-state index contributed by atoms with van der Waals surface area (Å²) in [6, 6.07) is 12.6. The van der Waals surface area contributed by atoms with Gasteiger partial charge in [0, 0.05) is 43.4 Å². The zero-order chi connectivity index (χ0) is 21.6. The number of carbonyl (C=O) groups is 2. The monoisotopic (exact) mass is 421 g/mol. The van der Waals surface area contributed by atoms with Crippen LogP contribution >= 0.6 is 0 Å². The van der Waals surface area contributed by atoms with Crippen LogP contribution in [0.3, 0.4) is 0 Å². The molecule has 0 atom stereocenters. The Balaban J connectivity index is 1.26. The number of nitrogens with zero attached hydrogens (tertiary/aromatic N) is 3. The zero-order valence-electron chi connectivity index (χ0n) is 17.2. The van der Waals surface area contributed by atoms with Crippen LogP contribution in [-0.2, 0) is 4.79 Å². The number of benzene rings is 2. The highest BCUT2D eigenvalue weighted by molar-refractivity contribution is 5.95. The van der Waals surface area contributed by atoms with Crippen LogP contribution in [0.1, 0.15) is 23.2 Å². The fourth-order valence-electron chi connectivity index (χ4n) is 3.83. The number of carbonyl (C=O) groups excluding carboxylic acids is 2. The summed E-state index contributed by atoms with van der Waals surface area (Å²) in [5.41, 5.74) is 1.57. The number of methoxy groups -OCH3 is 1. The second-order valence-electron chi connectivity index (χ2n) is 8.05. The summed E-state index contributed by atoms with van der Waals surface area (Å²) in [7, 11) is 1.60. The molecule has 0 unspecified atom stereocenters. The maximum atomic E-state index is 12.9. The molecule has 2 aliphatic rings. The van der Waals surface area contributed by atoms with Gasteiger partial charge in [-0.25, -0.2) is 4.98 Å². The number of hydrogen-bond donors (Lipinski definition) is 1. The van der Waals surface area contributed by atoms with Gasteiger partial charge in [0.15, 0.2) is 5.58 Å². The van der Waals surface area contributed by atoms with Gasteiger partial charge in [0.2, 0.25) is 5.89 Å². The first-order valence-corrected chi connectivity index (χ1v) is 10.3. The van der Waals surface area contributed by atoms with E-state index in [1.807, 2.05) is 24.3 Å². The molecule has 1 aromatic heterocycles. The van der Waals surface area contributed by atoms with Crippen LogP contribution in [0, 0.1) is 0 Å². The zero-order valence-corrected chi connectivity index (χ0v) is 17.2. The minimum atomic E-state index is -1.15. The number of aromatic nitrogens is 1. The second-order valence-corrected chi connectivity index (χ2v) is 8.05. The van der Waals surface area contributed by atoms with E-state index >= 15 is 0 Å². The van der Waals surface area contributed by atoms with Gasteiger partial charge in [-0.2, -0.15) is 0 Å². The molecule has 1 saturated heterocycles. The Labute approximate surface area is 179 Å². The van der Waals surface area contributed by atoms with Crippen LogP contribution in [0.2, 0.25) is 0 Å². The summed E-state index contributed by atoms with van der Waals surface area (Å²) < 4.78 is 11.0. The molecular weight excluding hydrogens is 398 g/mol. The number of fused-ring (bicyclic) bond motifs is 1. The number of ether oxygens (including phenoxy) is 1. The summed E-state index contributed by atoms with van der Waals surface area (Å²) >= 11 is 0. The Bertz CT molecular complexity index is 1140. The number of hydrogen-bond acceptors (Lipinski definition) is 6. The van der Waals surface area contributed by atoms with Crippen molar-refractivity contribution in [1.29, 1.82) is 0 Å². The lowest BCUT2D eigenvalue weighted by Gasteiger charge is -2.35. The Morgan fingerprint density at radius 3 is 2.35 bits per heavy atom. The molecule has 160 valence electrons. The van der Waals surface area contributed by atoms with Gasteiger partial charge in [-0.05, 0) is 49.2 Å². The van der Waals surface area contributed by atoms with Crippen LogP contribution in [0.5, 0.6) is 5.75 Å². The van der Waals surface area contributed by atoms with Crippen LogP contribution in [0.4, 0.5) is 0 Å². The van der Waals surface area contributed by atoms with Gasteiger partial charge in [-0.15, -0.1) is 0 Å². The molecule has 1 N–H and O–H groups in total. The topological polar surface area (TPSA) is 96.1 Å². The van der Waals surface area contributed by atoms with Crippen molar-refractivity contribution in [2.75, 3.05) is 33.3 Å². The first-order chi connectivity index (χ1) is 15.0. The van der Waals surface area contributed by atoms with E-state index in [2.05, 4.69) is 4.98 Å². The van der Waals surface area contributed by atoms with Crippen molar-refractivity contribution in [3.05, 3.63) is 48.0 Å². The third-order valence-corrected chi connectivity index (χ3v) is 5.95. The summed E-state index contributed by atoms with van der Waals surface area (Å²) in [5.74, 6) is 0.891. The summed E-state index contributed by atoms with van der Waals surface area (Å²) in [4.78, 5) is 33.0. The molecule has 0 bridgehead atoms. The third kappa shape index (κ3) is 3.63. The van der Waals surface area contributed by atoms with Crippen LogP contribution in [-0.4, -0.2) is 70.6 Å². The molecule has 2 amide bonds. The molecule has 5 rings (SSSR count). The Kier molecular flexibility index (Phi) is 4.66. The highest BCUT2D eigenvalue weighted by Gasteiger charge is 2.50. The molecular formula is C23H23N3O5. The van der Waals surface area contributed by atoms with Crippen molar-refractivity contribution in [3.8, 4) is 17.2 Å². The van der Waals surface area contributed by atoms with Gasteiger partial charge in [0.25, 0.3) is 11.8 Å². The number of piperazine rings is 1. The summed E-state index contributed by atoms with van der Waals surface area (Å²) in [6.07, 6.45) is 1.07. The van der Waals surface area contributed by atoms with Crippen molar-refractivity contribution in [2.24, 2.45) is 0 Å². The number of rotatable bonds is 4. The number of aliphatic hydroxyl groups is 1. The molecule has 0 radical (unpaired) electrons. The Morgan fingerprint density at radius 2 is 1.71 bits per heavy atom. The lowest BCUT2D eigenvalue weighted by Crippen LogP contribution is -2.53. The third-order valence-electron chi connectivity index (χ3n) is 5.95. The molecule has 2 heterocycles. The van der Waals surface area contributed by atoms with Gasteiger partial charge in [0.05, 0.1) is 7.11 Å². The van der Waals surface area contributed by atoms with Crippen LogP contribution < -0.4 is 4.74 Å². The molecule has 1 saturated carbocycles. The molecule has 8 heteroatoms. The fourth-order valence-corrected chi connectivity index (χ4v) is 3.83. The van der Waals surface area contributed by atoms with Crippen molar-refractivity contribution in [1.82, 2.24) is 14.8 Å². The van der Waals surface area contributed by atoms with Crippen LogP contribution in [0.25, 0.3) is 22.6 Å². The summed E-state index contributed by atoms with van der Waals surface area (Å²) in [5, 5.41) is 10.0. The minimum absolute atomic E-state index is 0.0777. The quantitative estimate of drug-likeness (QED) is 0.695. The Morgan fingerprint density at radius 1 is 1.03 bits per heavy atom. The number of oxazole rings is 1. The lowest BCUT2D eigenvalue weighted by molar-refractivity contribution is -0.143. The predicted molar refractivity (Wildman–Crippen MR) is 113 cm³/mol. The van der Waals surface area contributed by atoms with Gasteiger partial charge in [0.1, 0.15) is 16.9 Å². The molecule has 8 nitrogen and oxygen atoms in total. The van der Waals surface area contributed by atoms with E-state index in [0.717, 1.165) is 11.1 Å². The smallest absolute Gasteiger partial charge is 0.254 e. The van der Waals surface area contributed by atoms with Crippen molar-refractivity contribution in [2.45, 2.75) is 18.4 Å². The molecule has 1 aliphatic carbocycles. The Hall–Kier alpha value is -3.39. The van der Waals surface area contributed by atoms with E-state index < -0.39 is 5.60 Å². The van der Waals surface area contributed by atoms with Crippen molar-refractivity contribution >= 4 is 22.9 Å².